The maximum atomic E-state index is 12.6. The van der Waals surface area contributed by atoms with Crippen LogP contribution in [0, 0.1) is 0 Å². The first kappa shape index (κ1) is 15.3. The van der Waals surface area contributed by atoms with Gasteiger partial charge in [-0.1, -0.05) is 6.92 Å². The number of rotatable bonds is 3. The molecule has 0 aliphatic carbocycles. The predicted octanol–water partition coefficient (Wildman–Crippen LogP) is 2.97. The van der Waals surface area contributed by atoms with Crippen molar-refractivity contribution in [3.05, 3.63) is 53.4 Å². The fraction of sp³-hybridized carbons (Fsp3) is 0.267. The maximum Gasteiger partial charge on any atom is 0.431 e. The average molecular weight is 321 g/mol. The summed E-state index contributed by atoms with van der Waals surface area (Å²) < 4.78 is 37.9. The molecule has 1 unspecified atom stereocenters. The molecule has 0 saturated carbocycles. The second-order valence-corrected chi connectivity index (χ2v) is 5.22. The van der Waals surface area contributed by atoms with Gasteiger partial charge in [0.15, 0.2) is 0 Å². The molecule has 5 nitrogen and oxygen atoms in total. The van der Waals surface area contributed by atoms with Crippen molar-refractivity contribution in [3.8, 4) is 0 Å². The Hall–Kier alpha value is -2.64. The highest BCUT2D eigenvalue weighted by atomic mass is 19.4. The molecule has 3 heterocycles. The van der Waals surface area contributed by atoms with Gasteiger partial charge in [-0.3, -0.25) is 0 Å². The van der Waals surface area contributed by atoms with Crippen LogP contribution < -0.4 is 5.43 Å². The highest BCUT2D eigenvalue weighted by Gasteiger charge is 2.32. The van der Waals surface area contributed by atoms with Crippen LogP contribution in [0.25, 0.3) is 6.08 Å². The van der Waals surface area contributed by atoms with Crippen molar-refractivity contribution in [2.75, 3.05) is 6.54 Å². The van der Waals surface area contributed by atoms with E-state index in [9.17, 15) is 13.2 Å². The van der Waals surface area contributed by atoms with Gasteiger partial charge in [-0.15, -0.1) is 0 Å². The molecular formula is C15H14F3N5. The summed E-state index contributed by atoms with van der Waals surface area (Å²) in [7, 11) is 0. The molecular weight excluding hydrogens is 307 g/mol. The molecule has 3 rings (SSSR count). The summed E-state index contributed by atoms with van der Waals surface area (Å²) in [6.45, 7) is 2.42. The molecule has 23 heavy (non-hydrogen) atoms. The van der Waals surface area contributed by atoms with Gasteiger partial charge >= 0.3 is 6.18 Å². The van der Waals surface area contributed by atoms with Gasteiger partial charge in [0.2, 0.25) is 0 Å². The highest BCUT2D eigenvalue weighted by molar-refractivity contribution is 6.08. The molecule has 0 fully saturated rings. The molecule has 0 spiro atoms. The first-order chi connectivity index (χ1) is 10.9. The van der Waals surface area contributed by atoms with Crippen LogP contribution >= 0.6 is 0 Å². The lowest BCUT2D eigenvalue weighted by Gasteiger charge is -2.11. The molecule has 1 aliphatic rings. The Labute approximate surface area is 130 Å². The van der Waals surface area contributed by atoms with E-state index in [0.717, 1.165) is 22.9 Å². The lowest BCUT2D eigenvalue weighted by molar-refractivity contribution is -0.140. The van der Waals surface area contributed by atoms with E-state index in [1.54, 1.807) is 18.5 Å². The van der Waals surface area contributed by atoms with Crippen molar-refractivity contribution in [1.82, 2.24) is 20.4 Å². The molecule has 0 amide bonds. The van der Waals surface area contributed by atoms with Crippen molar-refractivity contribution in [2.45, 2.75) is 19.0 Å². The van der Waals surface area contributed by atoms with Gasteiger partial charge < -0.3 is 10.4 Å². The number of nitrogens with one attached hydrogen (secondary N) is 2. The highest BCUT2D eigenvalue weighted by Crippen LogP contribution is 2.29. The summed E-state index contributed by atoms with van der Waals surface area (Å²) in [6, 6.07) is 2.43. The van der Waals surface area contributed by atoms with Crippen molar-refractivity contribution in [3.63, 3.8) is 0 Å². The van der Waals surface area contributed by atoms with Crippen LogP contribution in [0.3, 0.4) is 0 Å². The van der Waals surface area contributed by atoms with Crippen molar-refractivity contribution in [1.29, 1.82) is 0 Å². The van der Waals surface area contributed by atoms with Crippen molar-refractivity contribution in [2.24, 2.45) is 5.10 Å². The number of hydrazone groups is 1. The number of aromatic nitrogens is 3. The summed E-state index contributed by atoms with van der Waals surface area (Å²) in [5, 5.41) is 4.25. The Kier molecular flexibility index (Phi) is 3.89. The average Bonchev–Trinajstić information content (AvgIpc) is 3.17. The van der Waals surface area contributed by atoms with Crippen LogP contribution in [-0.2, 0) is 6.18 Å². The van der Waals surface area contributed by atoms with Crippen LogP contribution in [0.15, 0.2) is 41.5 Å². The second-order valence-electron chi connectivity index (χ2n) is 5.22. The third-order valence-corrected chi connectivity index (χ3v) is 3.63. The lowest BCUT2D eigenvalue weighted by atomic mass is 9.93. The van der Waals surface area contributed by atoms with E-state index in [1.165, 1.54) is 12.4 Å². The zero-order valence-corrected chi connectivity index (χ0v) is 12.2. The summed E-state index contributed by atoms with van der Waals surface area (Å²) in [5.41, 5.74) is 4.99. The van der Waals surface area contributed by atoms with Crippen LogP contribution in [0.5, 0.6) is 0 Å². The Morgan fingerprint density at radius 2 is 1.96 bits per heavy atom. The quantitative estimate of drug-likeness (QED) is 0.913. The second kappa shape index (κ2) is 5.86. The third kappa shape index (κ3) is 3.25. The van der Waals surface area contributed by atoms with Gasteiger partial charge in [-0.05, 0) is 29.3 Å². The topological polar surface area (TPSA) is 66.0 Å². The Morgan fingerprint density at radius 3 is 2.61 bits per heavy atom. The van der Waals surface area contributed by atoms with Crippen LogP contribution in [0.2, 0.25) is 0 Å². The molecule has 0 saturated heterocycles. The van der Waals surface area contributed by atoms with Gasteiger partial charge in [0, 0.05) is 24.0 Å². The number of nitrogens with zero attached hydrogens (tertiary/aromatic N) is 3. The van der Waals surface area contributed by atoms with Gasteiger partial charge in [-0.2, -0.15) is 18.3 Å². The molecule has 0 bridgehead atoms. The first-order valence-electron chi connectivity index (χ1n) is 6.97. The molecule has 0 aromatic carbocycles. The minimum Gasteiger partial charge on any atom is -0.352 e. The Morgan fingerprint density at radius 1 is 1.22 bits per heavy atom. The Balaban J connectivity index is 1.85. The van der Waals surface area contributed by atoms with E-state index < -0.39 is 11.9 Å². The Bertz CT molecular complexity index is 746. The molecule has 2 aromatic rings. The third-order valence-electron chi connectivity index (χ3n) is 3.63. The molecule has 2 aromatic heterocycles. The zero-order chi connectivity index (χ0) is 16.4. The number of halogens is 3. The van der Waals surface area contributed by atoms with E-state index in [1.807, 2.05) is 6.92 Å². The van der Waals surface area contributed by atoms with Gasteiger partial charge in [0.05, 0.1) is 12.3 Å². The molecule has 1 aliphatic heterocycles. The van der Waals surface area contributed by atoms with Crippen molar-refractivity contribution >= 4 is 11.8 Å². The maximum absolute atomic E-state index is 12.6. The van der Waals surface area contributed by atoms with Crippen molar-refractivity contribution < 1.29 is 13.2 Å². The smallest absolute Gasteiger partial charge is 0.352 e. The number of hydrogen-bond acceptors (Lipinski definition) is 4. The van der Waals surface area contributed by atoms with E-state index in [0.29, 0.717) is 12.2 Å². The number of hydrogen-bond donors (Lipinski definition) is 2. The van der Waals surface area contributed by atoms with E-state index >= 15 is 0 Å². The van der Waals surface area contributed by atoms with E-state index in [2.05, 4.69) is 25.5 Å². The number of aromatic amines is 1. The molecule has 2 N–H and O–H groups in total. The van der Waals surface area contributed by atoms with Gasteiger partial charge in [0.1, 0.15) is 12.0 Å². The van der Waals surface area contributed by atoms with E-state index in [4.69, 9.17) is 0 Å². The monoisotopic (exact) mass is 321 g/mol. The van der Waals surface area contributed by atoms with Crippen LogP contribution in [0.1, 0.15) is 29.8 Å². The number of H-pyrrole nitrogens is 1. The van der Waals surface area contributed by atoms with Crippen LogP contribution in [-0.4, -0.2) is 27.2 Å². The summed E-state index contributed by atoms with van der Waals surface area (Å²) in [6.07, 6.45) is 2.14. The SMILES string of the molecule is CC(C1=NNC/C1=C\c1ccc(C(F)(F)F)[nH]1)c1cncnc1. The fourth-order valence-corrected chi connectivity index (χ4v) is 2.41. The normalized spacial score (nSPS) is 17.9. The molecule has 8 heteroatoms. The minimum atomic E-state index is -4.38. The molecule has 1 atom stereocenters. The number of alkyl halides is 3. The summed E-state index contributed by atoms with van der Waals surface area (Å²) >= 11 is 0. The van der Waals surface area contributed by atoms with E-state index in [-0.39, 0.29) is 5.92 Å². The standard InChI is InChI=1S/C15H14F3N5/c1-9(11-5-19-8-20-6-11)14-10(7-21-23-14)4-12-2-3-13(22-12)15(16,17)18/h2-6,8-9,21-22H,7H2,1H3/b10-4+. The fourth-order valence-electron chi connectivity index (χ4n) is 2.41. The molecule has 0 radical (unpaired) electrons. The van der Waals surface area contributed by atoms with Gasteiger partial charge in [0.25, 0.3) is 0 Å². The van der Waals surface area contributed by atoms with Crippen LogP contribution in [0.4, 0.5) is 13.2 Å². The molecule has 120 valence electrons. The predicted molar refractivity (Wildman–Crippen MR) is 79.7 cm³/mol. The minimum absolute atomic E-state index is 0.0606. The zero-order valence-electron chi connectivity index (χ0n) is 12.2. The first-order valence-corrected chi connectivity index (χ1v) is 6.97. The summed E-state index contributed by atoms with van der Waals surface area (Å²) in [4.78, 5) is 10.3. The van der Waals surface area contributed by atoms with Gasteiger partial charge in [-0.25, -0.2) is 9.97 Å². The summed E-state index contributed by atoms with van der Waals surface area (Å²) in [5.74, 6) is -0.0606. The lowest BCUT2D eigenvalue weighted by Crippen LogP contribution is -2.11. The largest absolute Gasteiger partial charge is 0.431 e.